The predicted molar refractivity (Wildman–Crippen MR) is 107 cm³/mol. The van der Waals surface area contributed by atoms with Crippen LogP contribution in [0.25, 0.3) is 6.08 Å². The molecular formula is C21H18Cl2O5. The molecule has 0 saturated carbocycles. The van der Waals surface area contributed by atoms with Crippen LogP contribution in [0.3, 0.4) is 0 Å². The Morgan fingerprint density at radius 2 is 1.82 bits per heavy atom. The lowest BCUT2D eigenvalue weighted by Gasteiger charge is -2.19. The van der Waals surface area contributed by atoms with Crippen molar-refractivity contribution in [2.75, 3.05) is 6.61 Å². The maximum atomic E-state index is 12.6. The fourth-order valence-corrected chi connectivity index (χ4v) is 3.06. The van der Waals surface area contributed by atoms with E-state index >= 15 is 0 Å². The Morgan fingerprint density at radius 1 is 1.14 bits per heavy atom. The van der Waals surface area contributed by atoms with Crippen molar-refractivity contribution in [3.05, 3.63) is 63.3 Å². The molecule has 0 bridgehead atoms. The molecule has 5 nitrogen and oxygen atoms in total. The number of allylic oxidation sites excluding steroid dienone is 1. The normalized spacial score (nSPS) is 14.6. The zero-order chi connectivity index (χ0) is 20.5. The molecule has 146 valence electrons. The molecule has 0 aliphatic carbocycles. The number of ketones is 1. The van der Waals surface area contributed by atoms with Gasteiger partial charge in [-0.1, -0.05) is 29.3 Å². The highest BCUT2D eigenvalue weighted by molar-refractivity contribution is 6.37. The first-order valence-electron chi connectivity index (χ1n) is 8.51. The Labute approximate surface area is 172 Å². The van der Waals surface area contributed by atoms with Crippen LogP contribution >= 0.6 is 23.2 Å². The molecule has 0 unspecified atom stereocenters. The molecule has 1 aliphatic heterocycles. The van der Waals surface area contributed by atoms with Gasteiger partial charge in [0.1, 0.15) is 17.1 Å². The third-order valence-corrected chi connectivity index (χ3v) is 4.35. The van der Waals surface area contributed by atoms with Crippen LogP contribution in [0.15, 0.2) is 42.2 Å². The molecule has 0 fully saturated rings. The highest BCUT2D eigenvalue weighted by Gasteiger charge is 2.28. The molecule has 7 heteroatoms. The summed E-state index contributed by atoms with van der Waals surface area (Å²) in [5.74, 6) is 0.0495. The van der Waals surface area contributed by atoms with Gasteiger partial charge in [-0.15, -0.1) is 0 Å². The van der Waals surface area contributed by atoms with Crippen molar-refractivity contribution >= 4 is 41.0 Å². The van der Waals surface area contributed by atoms with Crippen molar-refractivity contribution < 1.29 is 23.8 Å². The topological polar surface area (TPSA) is 61.8 Å². The van der Waals surface area contributed by atoms with Crippen molar-refractivity contribution in [3.8, 4) is 11.5 Å². The number of hydrogen-bond donors (Lipinski definition) is 0. The van der Waals surface area contributed by atoms with Crippen molar-refractivity contribution in [1.29, 1.82) is 0 Å². The molecule has 1 heterocycles. The Balaban J connectivity index is 1.76. The van der Waals surface area contributed by atoms with E-state index in [1.807, 2.05) is 0 Å². The van der Waals surface area contributed by atoms with Crippen LogP contribution in [0.5, 0.6) is 11.5 Å². The summed E-state index contributed by atoms with van der Waals surface area (Å²) in [4.78, 5) is 24.3. The molecule has 0 spiro atoms. The van der Waals surface area contributed by atoms with Gasteiger partial charge in [0.15, 0.2) is 12.4 Å². The van der Waals surface area contributed by atoms with Gasteiger partial charge < -0.3 is 14.2 Å². The zero-order valence-electron chi connectivity index (χ0n) is 15.5. The van der Waals surface area contributed by atoms with Gasteiger partial charge in [0.05, 0.1) is 5.56 Å². The van der Waals surface area contributed by atoms with E-state index in [4.69, 9.17) is 37.4 Å². The number of carbonyl (C=O) groups is 2. The first-order chi connectivity index (χ1) is 13.1. The minimum absolute atomic E-state index is 0.106. The van der Waals surface area contributed by atoms with Gasteiger partial charge >= 0.3 is 5.97 Å². The van der Waals surface area contributed by atoms with Gasteiger partial charge in [-0.25, -0.2) is 4.79 Å². The van der Waals surface area contributed by atoms with Crippen LogP contribution in [0.4, 0.5) is 0 Å². The molecule has 28 heavy (non-hydrogen) atoms. The summed E-state index contributed by atoms with van der Waals surface area (Å²) < 4.78 is 16.3. The third kappa shape index (κ3) is 4.66. The number of halogens is 2. The van der Waals surface area contributed by atoms with Crippen LogP contribution in [0, 0.1) is 0 Å². The standard InChI is InChI=1S/C21H18Cl2O5/c1-21(2,3)28-19(24)11-26-12-7-8-13-17(9-12)27-18(20(13)25)10-14-15(22)5-4-6-16(14)23/h4-10H,11H2,1-3H3. The van der Waals surface area contributed by atoms with Gasteiger partial charge in [-0.3, -0.25) is 4.79 Å². The molecule has 1 aliphatic rings. The third-order valence-electron chi connectivity index (χ3n) is 3.69. The number of fused-ring (bicyclic) bond motifs is 1. The van der Waals surface area contributed by atoms with Crippen LogP contribution in [0.2, 0.25) is 10.0 Å². The van der Waals surface area contributed by atoms with E-state index < -0.39 is 11.6 Å². The second kappa shape index (κ2) is 7.86. The molecular weight excluding hydrogens is 403 g/mol. The summed E-state index contributed by atoms with van der Waals surface area (Å²) in [6.07, 6.45) is 1.51. The van der Waals surface area contributed by atoms with Gasteiger partial charge in [-0.05, 0) is 51.1 Å². The summed E-state index contributed by atoms with van der Waals surface area (Å²) in [5.41, 5.74) is 0.301. The summed E-state index contributed by atoms with van der Waals surface area (Å²) in [7, 11) is 0. The van der Waals surface area contributed by atoms with E-state index in [2.05, 4.69) is 0 Å². The molecule has 0 radical (unpaired) electrons. The van der Waals surface area contributed by atoms with Crippen LogP contribution in [0.1, 0.15) is 36.7 Å². The first kappa shape index (κ1) is 20.2. The van der Waals surface area contributed by atoms with Crippen molar-refractivity contribution in [2.45, 2.75) is 26.4 Å². The maximum Gasteiger partial charge on any atom is 0.344 e. The van der Waals surface area contributed by atoms with E-state index in [1.54, 1.807) is 57.2 Å². The van der Waals surface area contributed by atoms with Crippen molar-refractivity contribution in [2.24, 2.45) is 0 Å². The quantitative estimate of drug-likeness (QED) is 0.493. The molecule has 0 saturated heterocycles. The number of rotatable bonds is 4. The van der Waals surface area contributed by atoms with Crippen LogP contribution in [-0.4, -0.2) is 24.0 Å². The van der Waals surface area contributed by atoms with E-state index in [9.17, 15) is 9.59 Å². The summed E-state index contributed by atoms with van der Waals surface area (Å²) in [6, 6.07) is 9.79. The average molecular weight is 421 g/mol. The largest absolute Gasteiger partial charge is 0.482 e. The Kier molecular flexibility index (Phi) is 5.68. The van der Waals surface area contributed by atoms with E-state index in [0.29, 0.717) is 32.7 Å². The van der Waals surface area contributed by atoms with Crippen LogP contribution in [-0.2, 0) is 9.53 Å². The van der Waals surface area contributed by atoms with Gasteiger partial charge in [-0.2, -0.15) is 0 Å². The number of ether oxygens (including phenoxy) is 3. The first-order valence-corrected chi connectivity index (χ1v) is 9.26. The lowest BCUT2D eigenvalue weighted by atomic mass is 10.1. The fourth-order valence-electron chi connectivity index (χ4n) is 2.55. The highest BCUT2D eigenvalue weighted by atomic mass is 35.5. The zero-order valence-corrected chi connectivity index (χ0v) is 17.1. The maximum absolute atomic E-state index is 12.6. The van der Waals surface area contributed by atoms with Gasteiger partial charge in [0, 0.05) is 21.7 Å². The van der Waals surface area contributed by atoms with E-state index in [-0.39, 0.29) is 18.1 Å². The van der Waals surface area contributed by atoms with Gasteiger partial charge in [0.2, 0.25) is 5.78 Å². The minimum Gasteiger partial charge on any atom is -0.482 e. The fraction of sp³-hybridized carbons (Fsp3) is 0.238. The van der Waals surface area contributed by atoms with E-state index in [0.717, 1.165) is 0 Å². The number of hydrogen-bond acceptors (Lipinski definition) is 5. The van der Waals surface area contributed by atoms with Gasteiger partial charge in [0.25, 0.3) is 0 Å². The summed E-state index contributed by atoms with van der Waals surface area (Å²) in [5, 5.41) is 0.822. The number of carbonyl (C=O) groups excluding carboxylic acids is 2. The smallest absolute Gasteiger partial charge is 0.344 e. The Morgan fingerprint density at radius 3 is 2.46 bits per heavy atom. The lowest BCUT2D eigenvalue weighted by Crippen LogP contribution is -2.27. The monoisotopic (exact) mass is 420 g/mol. The molecule has 2 aromatic rings. The predicted octanol–water partition coefficient (Wildman–Crippen LogP) is 5.33. The number of esters is 1. The molecule has 2 aromatic carbocycles. The van der Waals surface area contributed by atoms with Crippen LogP contribution < -0.4 is 9.47 Å². The van der Waals surface area contributed by atoms with Crippen molar-refractivity contribution in [3.63, 3.8) is 0 Å². The Hall–Kier alpha value is -2.50. The second-order valence-electron chi connectivity index (χ2n) is 7.11. The molecule has 0 amide bonds. The molecule has 0 atom stereocenters. The van der Waals surface area contributed by atoms with Crippen molar-refractivity contribution in [1.82, 2.24) is 0 Å². The molecule has 0 N–H and O–H groups in total. The lowest BCUT2D eigenvalue weighted by molar-refractivity contribution is -0.157. The number of benzene rings is 2. The highest BCUT2D eigenvalue weighted by Crippen LogP contribution is 2.36. The van der Waals surface area contributed by atoms with E-state index in [1.165, 1.54) is 6.08 Å². The summed E-state index contributed by atoms with van der Waals surface area (Å²) >= 11 is 12.3. The summed E-state index contributed by atoms with van der Waals surface area (Å²) in [6.45, 7) is 5.08. The Bertz CT molecular complexity index is 953. The average Bonchev–Trinajstić information content (AvgIpc) is 2.90. The SMILES string of the molecule is CC(C)(C)OC(=O)COc1ccc2c(c1)OC(=Cc1c(Cl)cccc1Cl)C2=O. The minimum atomic E-state index is -0.590. The number of Topliss-reactive ketones (excluding diaryl/α,β-unsaturated/α-hetero) is 1. The molecule has 0 aromatic heterocycles. The second-order valence-corrected chi connectivity index (χ2v) is 7.92. The molecule has 3 rings (SSSR count).